The molecule has 3 aromatic rings. The summed E-state index contributed by atoms with van der Waals surface area (Å²) in [7, 11) is 3.35. The van der Waals surface area contributed by atoms with Gasteiger partial charge in [-0.1, -0.05) is 36.4 Å². The minimum Gasteiger partial charge on any atom is -0.497 e. The summed E-state index contributed by atoms with van der Waals surface area (Å²) < 4.78 is 16.0. The molecule has 0 radical (unpaired) electrons. The Labute approximate surface area is 214 Å². The van der Waals surface area contributed by atoms with Crippen molar-refractivity contribution in [3.8, 4) is 5.75 Å². The first-order chi connectivity index (χ1) is 17.6. The largest absolute Gasteiger partial charge is 0.497 e. The van der Waals surface area contributed by atoms with Gasteiger partial charge in [0.25, 0.3) is 0 Å². The molecule has 0 spiro atoms. The zero-order valence-corrected chi connectivity index (χ0v) is 21.5. The third kappa shape index (κ3) is 7.79. The zero-order chi connectivity index (χ0) is 25.2. The van der Waals surface area contributed by atoms with E-state index < -0.39 is 0 Å². The highest BCUT2D eigenvalue weighted by Crippen LogP contribution is 2.21. The Morgan fingerprint density at radius 1 is 0.917 bits per heavy atom. The lowest BCUT2D eigenvalue weighted by Gasteiger charge is -2.32. The molecule has 3 aromatic carbocycles. The minimum atomic E-state index is 0.132. The number of nitrogens with zero attached hydrogens (tertiary/aromatic N) is 1. The average molecular weight is 491 g/mol. The van der Waals surface area contributed by atoms with Crippen molar-refractivity contribution in [2.24, 2.45) is 0 Å². The molecule has 192 valence electrons. The van der Waals surface area contributed by atoms with Gasteiger partial charge in [-0.3, -0.25) is 9.69 Å². The average Bonchev–Trinajstić information content (AvgIpc) is 2.91. The van der Waals surface area contributed by atoms with Crippen molar-refractivity contribution in [3.05, 3.63) is 77.4 Å². The highest BCUT2D eigenvalue weighted by atomic mass is 16.5. The number of benzene rings is 3. The van der Waals surface area contributed by atoms with Gasteiger partial charge >= 0.3 is 0 Å². The summed E-state index contributed by atoms with van der Waals surface area (Å²) in [4.78, 5) is 15.0. The summed E-state index contributed by atoms with van der Waals surface area (Å²) in [6.07, 6.45) is 3.21. The van der Waals surface area contributed by atoms with Crippen LogP contribution in [0.25, 0.3) is 10.8 Å². The molecule has 1 saturated heterocycles. The fraction of sp³-hybridized carbons (Fsp3) is 0.433. The SMILES string of the molecule is COCCOCc1ccc2ccc(CN3CCC(NC(=O)CCc4cccc(OC)c4)CC3)cc2c1. The Morgan fingerprint density at radius 2 is 1.69 bits per heavy atom. The van der Waals surface area contributed by atoms with Gasteiger partial charge in [0, 0.05) is 39.2 Å². The van der Waals surface area contributed by atoms with Crippen LogP contribution in [0.1, 0.15) is 36.0 Å². The predicted molar refractivity (Wildman–Crippen MR) is 143 cm³/mol. The molecule has 0 atom stereocenters. The van der Waals surface area contributed by atoms with E-state index in [-0.39, 0.29) is 11.9 Å². The van der Waals surface area contributed by atoms with Gasteiger partial charge in [0.1, 0.15) is 5.75 Å². The van der Waals surface area contributed by atoms with Crippen LogP contribution in [-0.2, 0) is 33.8 Å². The maximum absolute atomic E-state index is 12.5. The number of amides is 1. The molecule has 1 amide bonds. The van der Waals surface area contributed by atoms with Crippen LogP contribution in [0.15, 0.2) is 60.7 Å². The highest BCUT2D eigenvalue weighted by Gasteiger charge is 2.20. The number of rotatable bonds is 12. The monoisotopic (exact) mass is 490 g/mol. The van der Waals surface area contributed by atoms with E-state index in [1.54, 1.807) is 14.2 Å². The van der Waals surface area contributed by atoms with Gasteiger partial charge in [-0.25, -0.2) is 0 Å². The molecule has 0 aromatic heterocycles. The Balaban J connectivity index is 1.22. The van der Waals surface area contributed by atoms with Crippen molar-refractivity contribution in [1.82, 2.24) is 10.2 Å². The van der Waals surface area contributed by atoms with Crippen LogP contribution < -0.4 is 10.1 Å². The molecule has 0 unspecified atom stereocenters. The van der Waals surface area contributed by atoms with E-state index in [0.717, 1.165) is 50.2 Å². The number of piperidine rings is 1. The number of hydrogen-bond acceptors (Lipinski definition) is 5. The van der Waals surface area contributed by atoms with Gasteiger partial charge in [-0.15, -0.1) is 0 Å². The number of carbonyl (C=O) groups is 1. The first-order valence-electron chi connectivity index (χ1n) is 12.9. The van der Waals surface area contributed by atoms with Gasteiger partial charge in [0.2, 0.25) is 5.91 Å². The summed E-state index contributed by atoms with van der Waals surface area (Å²) in [5, 5.41) is 5.73. The second-order valence-electron chi connectivity index (χ2n) is 9.53. The van der Waals surface area contributed by atoms with E-state index in [1.165, 1.54) is 21.9 Å². The number of aryl methyl sites for hydroxylation is 1. The first kappa shape index (κ1) is 26.1. The molecule has 1 fully saturated rings. The molecule has 0 bridgehead atoms. The van der Waals surface area contributed by atoms with Crippen LogP contribution >= 0.6 is 0 Å². The van der Waals surface area contributed by atoms with E-state index in [1.807, 2.05) is 24.3 Å². The van der Waals surface area contributed by atoms with Crippen molar-refractivity contribution < 1.29 is 19.0 Å². The van der Waals surface area contributed by atoms with E-state index in [4.69, 9.17) is 14.2 Å². The molecular weight excluding hydrogens is 452 g/mol. The Morgan fingerprint density at radius 3 is 2.47 bits per heavy atom. The summed E-state index contributed by atoms with van der Waals surface area (Å²) >= 11 is 0. The second-order valence-corrected chi connectivity index (χ2v) is 9.53. The summed E-state index contributed by atoms with van der Waals surface area (Å²) in [5.41, 5.74) is 3.62. The maximum atomic E-state index is 12.5. The third-order valence-corrected chi connectivity index (χ3v) is 6.80. The molecule has 0 saturated carbocycles. The van der Waals surface area contributed by atoms with E-state index >= 15 is 0 Å². The predicted octanol–water partition coefficient (Wildman–Crippen LogP) is 4.72. The number of carbonyl (C=O) groups excluding carboxylic acids is 1. The molecule has 1 N–H and O–H groups in total. The molecule has 36 heavy (non-hydrogen) atoms. The number of hydrogen-bond donors (Lipinski definition) is 1. The number of fused-ring (bicyclic) bond motifs is 1. The summed E-state index contributed by atoms with van der Waals surface area (Å²) in [6.45, 7) is 4.73. The topological polar surface area (TPSA) is 60.0 Å². The van der Waals surface area contributed by atoms with Crippen molar-refractivity contribution in [1.29, 1.82) is 0 Å². The maximum Gasteiger partial charge on any atom is 0.220 e. The van der Waals surface area contributed by atoms with Crippen molar-refractivity contribution in [2.75, 3.05) is 40.5 Å². The Kier molecular flexibility index (Phi) is 9.73. The fourth-order valence-electron chi connectivity index (χ4n) is 4.75. The van der Waals surface area contributed by atoms with Gasteiger partial charge < -0.3 is 19.5 Å². The zero-order valence-electron chi connectivity index (χ0n) is 21.5. The molecular formula is C30H38N2O4. The van der Waals surface area contributed by atoms with E-state index in [0.29, 0.717) is 26.2 Å². The third-order valence-electron chi connectivity index (χ3n) is 6.80. The van der Waals surface area contributed by atoms with Crippen LogP contribution in [0.2, 0.25) is 0 Å². The molecule has 6 heteroatoms. The molecule has 1 aliphatic heterocycles. The van der Waals surface area contributed by atoms with Crippen molar-refractivity contribution in [2.45, 2.75) is 44.9 Å². The van der Waals surface area contributed by atoms with Crippen molar-refractivity contribution >= 4 is 16.7 Å². The van der Waals surface area contributed by atoms with Gasteiger partial charge in [0.15, 0.2) is 0 Å². The van der Waals surface area contributed by atoms with E-state index in [9.17, 15) is 4.79 Å². The lowest BCUT2D eigenvalue weighted by molar-refractivity contribution is -0.122. The van der Waals surface area contributed by atoms with Crippen LogP contribution in [-0.4, -0.2) is 57.4 Å². The highest BCUT2D eigenvalue weighted by molar-refractivity contribution is 5.83. The van der Waals surface area contributed by atoms with Crippen LogP contribution in [0, 0.1) is 0 Å². The Bertz CT molecular complexity index is 1120. The standard InChI is InChI=1S/C30H38N2O4/c1-34-16-17-36-22-25-7-10-26-9-6-24(18-27(26)19-25)21-32-14-12-28(13-15-32)31-30(33)11-8-23-4-3-5-29(20-23)35-2/h3-7,9-10,18-20,28H,8,11-17,21-22H2,1-2H3,(H,31,33). The Hall–Kier alpha value is -2.93. The van der Waals surface area contributed by atoms with E-state index in [2.05, 4.69) is 46.6 Å². The van der Waals surface area contributed by atoms with Crippen LogP contribution in [0.4, 0.5) is 0 Å². The second kappa shape index (κ2) is 13.4. The van der Waals surface area contributed by atoms with Gasteiger partial charge in [-0.05, 0) is 71.0 Å². The fourth-order valence-corrected chi connectivity index (χ4v) is 4.75. The summed E-state index contributed by atoms with van der Waals surface area (Å²) in [6, 6.07) is 21.4. The number of nitrogens with one attached hydrogen (secondary N) is 1. The molecule has 1 heterocycles. The molecule has 6 nitrogen and oxygen atoms in total. The van der Waals surface area contributed by atoms with Crippen LogP contribution in [0.3, 0.4) is 0 Å². The lowest BCUT2D eigenvalue weighted by Crippen LogP contribution is -2.44. The lowest BCUT2D eigenvalue weighted by atomic mass is 10.0. The quantitative estimate of drug-likeness (QED) is 0.372. The van der Waals surface area contributed by atoms with Crippen molar-refractivity contribution in [3.63, 3.8) is 0 Å². The number of likely N-dealkylation sites (tertiary alicyclic amines) is 1. The van der Waals surface area contributed by atoms with Gasteiger partial charge in [-0.2, -0.15) is 0 Å². The molecule has 1 aliphatic rings. The van der Waals surface area contributed by atoms with Crippen LogP contribution in [0.5, 0.6) is 5.75 Å². The molecule has 4 rings (SSSR count). The smallest absolute Gasteiger partial charge is 0.220 e. The number of ether oxygens (including phenoxy) is 3. The summed E-state index contributed by atoms with van der Waals surface area (Å²) in [5.74, 6) is 0.965. The first-order valence-corrected chi connectivity index (χ1v) is 12.9. The molecule has 0 aliphatic carbocycles. The minimum absolute atomic E-state index is 0.132. The number of methoxy groups -OCH3 is 2. The van der Waals surface area contributed by atoms with Gasteiger partial charge in [0.05, 0.1) is 26.9 Å². The normalized spacial score (nSPS) is 14.7.